The molecule has 0 aliphatic carbocycles. The standard InChI is InChI=1S/C17H18ClN3/c1-11-7-5-9-19-15(11)10-21-16-12(2)6-4-8-14(16)20-17(21)13(3)18/h4-9,13H,10H2,1-3H3. The van der Waals surface area contributed by atoms with Gasteiger partial charge in [0.05, 0.1) is 28.6 Å². The van der Waals surface area contributed by atoms with Crippen molar-refractivity contribution in [1.29, 1.82) is 0 Å². The molecule has 108 valence electrons. The van der Waals surface area contributed by atoms with E-state index in [4.69, 9.17) is 16.6 Å². The van der Waals surface area contributed by atoms with E-state index in [0.717, 1.165) is 22.6 Å². The number of aromatic nitrogens is 3. The number of hydrogen-bond donors (Lipinski definition) is 0. The van der Waals surface area contributed by atoms with Gasteiger partial charge in [-0.3, -0.25) is 4.98 Å². The van der Waals surface area contributed by atoms with Gasteiger partial charge in [-0.25, -0.2) is 4.98 Å². The molecule has 1 aromatic carbocycles. The Morgan fingerprint density at radius 3 is 2.62 bits per heavy atom. The number of alkyl halides is 1. The number of imidazole rings is 1. The number of aryl methyl sites for hydroxylation is 2. The van der Waals surface area contributed by atoms with Crippen LogP contribution in [0.25, 0.3) is 11.0 Å². The highest BCUT2D eigenvalue weighted by atomic mass is 35.5. The second-order valence-corrected chi connectivity index (χ2v) is 6.04. The molecule has 1 atom stereocenters. The number of para-hydroxylation sites is 1. The van der Waals surface area contributed by atoms with E-state index in [0.29, 0.717) is 6.54 Å². The van der Waals surface area contributed by atoms with Crippen molar-refractivity contribution >= 4 is 22.6 Å². The average Bonchev–Trinajstić information content (AvgIpc) is 2.82. The molecular weight excluding hydrogens is 282 g/mol. The molecule has 3 aromatic rings. The Labute approximate surface area is 129 Å². The summed E-state index contributed by atoms with van der Waals surface area (Å²) >= 11 is 6.33. The van der Waals surface area contributed by atoms with Gasteiger partial charge >= 0.3 is 0 Å². The number of fused-ring (bicyclic) bond motifs is 1. The molecule has 0 aliphatic rings. The lowest BCUT2D eigenvalue weighted by Crippen LogP contribution is -2.08. The van der Waals surface area contributed by atoms with Gasteiger partial charge in [0.2, 0.25) is 0 Å². The zero-order valence-electron chi connectivity index (χ0n) is 12.5. The minimum atomic E-state index is -0.138. The Morgan fingerprint density at radius 1 is 1.14 bits per heavy atom. The predicted molar refractivity (Wildman–Crippen MR) is 86.8 cm³/mol. The maximum absolute atomic E-state index is 6.33. The first-order chi connectivity index (χ1) is 10.1. The molecule has 0 aliphatic heterocycles. The van der Waals surface area contributed by atoms with E-state index in [1.165, 1.54) is 11.1 Å². The molecule has 0 saturated heterocycles. The van der Waals surface area contributed by atoms with Crippen LogP contribution in [0.4, 0.5) is 0 Å². The Kier molecular flexibility index (Phi) is 3.68. The van der Waals surface area contributed by atoms with Crippen LogP contribution in [0, 0.1) is 13.8 Å². The molecule has 0 N–H and O–H groups in total. The third-order valence-electron chi connectivity index (χ3n) is 3.78. The van der Waals surface area contributed by atoms with Crippen molar-refractivity contribution in [2.24, 2.45) is 0 Å². The maximum atomic E-state index is 6.33. The van der Waals surface area contributed by atoms with E-state index in [1.54, 1.807) is 0 Å². The Morgan fingerprint density at radius 2 is 1.90 bits per heavy atom. The highest BCUT2D eigenvalue weighted by molar-refractivity contribution is 6.20. The van der Waals surface area contributed by atoms with Gasteiger partial charge in [-0.15, -0.1) is 11.6 Å². The fourth-order valence-electron chi connectivity index (χ4n) is 2.68. The van der Waals surface area contributed by atoms with Crippen molar-refractivity contribution in [1.82, 2.24) is 14.5 Å². The number of rotatable bonds is 3. The molecule has 0 fully saturated rings. The van der Waals surface area contributed by atoms with Gasteiger partial charge in [0, 0.05) is 6.20 Å². The van der Waals surface area contributed by atoms with E-state index in [2.05, 4.69) is 35.5 Å². The monoisotopic (exact) mass is 299 g/mol. The molecule has 3 nitrogen and oxygen atoms in total. The summed E-state index contributed by atoms with van der Waals surface area (Å²) in [6.07, 6.45) is 1.83. The second-order valence-electron chi connectivity index (χ2n) is 5.38. The summed E-state index contributed by atoms with van der Waals surface area (Å²) in [5.74, 6) is 0.894. The molecule has 1 unspecified atom stereocenters. The molecular formula is C17H18ClN3. The third kappa shape index (κ3) is 2.54. The van der Waals surface area contributed by atoms with Crippen LogP contribution in [0.1, 0.15) is 34.9 Å². The third-order valence-corrected chi connectivity index (χ3v) is 3.97. The molecule has 4 heteroatoms. The number of hydrogen-bond acceptors (Lipinski definition) is 2. The quantitative estimate of drug-likeness (QED) is 0.671. The maximum Gasteiger partial charge on any atom is 0.128 e. The van der Waals surface area contributed by atoms with Crippen molar-refractivity contribution in [3.63, 3.8) is 0 Å². The molecule has 3 rings (SSSR count). The minimum Gasteiger partial charge on any atom is -0.320 e. The summed E-state index contributed by atoms with van der Waals surface area (Å²) in [6.45, 7) is 6.84. The van der Waals surface area contributed by atoms with Crippen LogP contribution in [0.3, 0.4) is 0 Å². The van der Waals surface area contributed by atoms with Gasteiger partial charge in [0.15, 0.2) is 0 Å². The number of nitrogens with zero attached hydrogens (tertiary/aromatic N) is 3. The smallest absolute Gasteiger partial charge is 0.128 e. The van der Waals surface area contributed by atoms with Crippen LogP contribution in [0.5, 0.6) is 0 Å². The second kappa shape index (κ2) is 5.49. The van der Waals surface area contributed by atoms with Crippen LogP contribution in [0.15, 0.2) is 36.5 Å². The zero-order valence-corrected chi connectivity index (χ0v) is 13.2. The van der Waals surface area contributed by atoms with E-state index >= 15 is 0 Å². The topological polar surface area (TPSA) is 30.7 Å². The van der Waals surface area contributed by atoms with Crippen molar-refractivity contribution in [2.45, 2.75) is 32.7 Å². The van der Waals surface area contributed by atoms with Crippen LogP contribution in [-0.4, -0.2) is 14.5 Å². The van der Waals surface area contributed by atoms with E-state index < -0.39 is 0 Å². The first kappa shape index (κ1) is 14.1. The molecule has 0 amide bonds. The highest BCUT2D eigenvalue weighted by Crippen LogP contribution is 2.27. The van der Waals surface area contributed by atoms with Gasteiger partial charge in [-0.05, 0) is 44.0 Å². The van der Waals surface area contributed by atoms with Crippen LogP contribution >= 0.6 is 11.6 Å². The minimum absolute atomic E-state index is 0.138. The SMILES string of the molecule is Cc1cccnc1Cn1c(C(C)Cl)nc2cccc(C)c21. The van der Waals surface area contributed by atoms with Gasteiger partial charge in [-0.1, -0.05) is 18.2 Å². The highest BCUT2D eigenvalue weighted by Gasteiger charge is 2.17. The van der Waals surface area contributed by atoms with E-state index in [1.807, 2.05) is 31.3 Å². The lowest BCUT2D eigenvalue weighted by atomic mass is 10.2. The van der Waals surface area contributed by atoms with Crippen molar-refractivity contribution in [2.75, 3.05) is 0 Å². The van der Waals surface area contributed by atoms with Gasteiger partial charge < -0.3 is 4.57 Å². The average molecular weight is 300 g/mol. The number of benzene rings is 1. The summed E-state index contributed by atoms with van der Waals surface area (Å²) in [7, 11) is 0. The molecule has 0 bridgehead atoms. The van der Waals surface area contributed by atoms with E-state index in [-0.39, 0.29) is 5.38 Å². The van der Waals surface area contributed by atoms with E-state index in [9.17, 15) is 0 Å². The summed E-state index contributed by atoms with van der Waals surface area (Å²) in [5, 5.41) is -0.138. The Bertz CT molecular complexity index is 790. The Balaban J connectivity index is 2.20. The summed E-state index contributed by atoms with van der Waals surface area (Å²) in [5.41, 5.74) is 5.58. The number of halogens is 1. The van der Waals surface area contributed by atoms with Crippen LogP contribution in [-0.2, 0) is 6.54 Å². The molecule has 0 radical (unpaired) electrons. The molecule has 2 heterocycles. The summed E-state index contributed by atoms with van der Waals surface area (Å²) < 4.78 is 2.19. The van der Waals surface area contributed by atoms with Crippen LogP contribution in [0.2, 0.25) is 0 Å². The molecule has 2 aromatic heterocycles. The lowest BCUT2D eigenvalue weighted by Gasteiger charge is -2.12. The van der Waals surface area contributed by atoms with Crippen molar-refractivity contribution in [3.8, 4) is 0 Å². The normalized spacial score (nSPS) is 12.8. The number of pyridine rings is 1. The van der Waals surface area contributed by atoms with Gasteiger partial charge in [0.1, 0.15) is 5.82 Å². The molecule has 0 spiro atoms. The fraction of sp³-hybridized carbons (Fsp3) is 0.294. The largest absolute Gasteiger partial charge is 0.320 e. The first-order valence-electron chi connectivity index (χ1n) is 7.08. The lowest BCUT2D eigenvalue weighted by molar-refractivity contribution is 0.722. The molecule has 0 saturated carbocycles. The zero-order chi connectivity index (χ0) is 15.0. The Hall–Kier alpha value is -1.87. The fourth-order valence-corrected chi connectivity index (χ4v) is 2.85. The molecule has 21 heavy (non-hydrogen) atoms. The van der Waals surface area contributed by atoms with Gasteiger partial charge in [0.25, 0.3) is 0 Å². The van der Waals surface area contributed by atoms with Crippen molar-refractivity contribution < 1.29 is 0 Å². The van der Waals surface area contributed by atoms with Crippen LogP contribution < -0.4 is 0 Å². The van der Waals surface area contributed by atoms with Crippen molar-refractivity contribution in [3.05, 3.63) is 59.2 Å². The van der Waals surface area contributed by atoms with Gasteiger partial charge in [-0.2, -0.15) is 0 Å². The predicted octanol–water partition coefficient (Wildman–Crippen LogP) is 4.40. The first-order valence-corrected chi connectivity index (χ1v) is 7.52. The summed E-state index contributed by atoms with van der Waals surface area (Å²) in [6, 6.07) is 10.2. The summed E-state index contributed by atoms with van der Waals surface area (Å²) in [4.78, 5) is 9.20.